The number of para-hydroxylation sites is 1. The van der Waals surface area contributed by atoms with E-state index >= 15 is 0 Å². The van der Waals surface area contributed by atoms with Crippen LogP contribution >= 0.6 is 0 Å². The Balaban J connectivity index is 2.04. The monoisotopic (exact) mass is 538 g/mol. The van der Waals surface area contributed by atoms with Crippen molar-refractivity contribution in [2.75, 3.05) is 26.2 Å². The number of rotatable bonds is 14. The molecular formula is C28H34N4O7. The number of Topliss-reactive ketones (excluding diaryl/α,β-unsaturated/α-hetero) is 1. The standard InChI is InChI=1S/C28H34N4O7/c1-3-5-15-29(16-6-4-2)17-10-18-30-25(22-13-7-8-14-23(22)32(38)39)24(27(34)28(30)35)26(33)20-11-9-12-21(19-20)31(36)37/h7-9,11-14,19,25,33H,3-6,10,15-18H2,1-2H3/t25-/m0/s1. The van der Waals surface area contributed by atoms with Crippen LogP contribution in [0.1, 0.15) is 63.1 Å². The van der Waals surface area contributed by atoms with Crippen LogP contribution in [0.5, 0.6) is 0 Å². The van der Waals surface area contributed by atoms with Crippen molar-refractivity contribution in [3.63, 3.8) is 0 Å². The number of carbonyl (C=O) groups is 2. The van der Waals surface area contributed by atoms with Gasteiger partial charge >= 0.3 is 0 Å². The summed E-state index contributed by atoms with van der Waals surface area (Å²) in [7, 11) is 0. The van der Waals surface area contributed by atoms with Crippen LogP contribution in [0.25, 0.3) is 5.76 Å². The molecule has 0 unspecified atom stereocenters. The summed E-state index contributed by atoms with van der Waals surface area (Å²) in [6.07, 6.45) is 4.69. The molecule has 0 radical (unpaired) electrons. The van der Waals surface area contributed by atoms with Gasteiger partial charge in [0.15, 0.2) is 0 Å². The number of nitrogens with zero attached hydrogens (tertiary/aromatic N) is 4. The first-order valence-corrected chi connectivity index (χ1v) is 13.2. The summed E-state index contributed by atoms with van der Waals surface area (Å²) in [5.41, 5.74) is -0.885. The average molecular weight is 539 g/mol. The summed E-state index contributed by atoms with van der Waals surface area (Å²) in [5, 5.41) is 34.3. The fraction of sp³-hybridized carbons (Fsp3) is 0.429. The van der Waals surface area contributed by atoms with Gasteiger partial charge in [0, 0.05) is 30.3 Å². The third kappa shape index (κ3) is 6.85. The van der Waals surface area contributed by atoms with Crippen molar-refractivity contribution >= 4 is 28.8 Å². The predicted octanol–water partition coefficient (Wildman–Crippen LogP) is 5.22. The largest absolute Gasteiger partial charge is 0.507 e. The summed E-state index contributed by atoms with van der Waals surface area (Å²) in [6, 6.07) is 9.62. The Bertz CT molecular complexity index is 1250. The van der Waals surface area contributed by atoms with Crippen LogP contribution in [0.2, 0.25) is 0 Å². The lowest BCUT2D eigenvalue weighted by Gasteiger charge is -2.27. The second-order valence-corrected chi connectivity index (χ2v) is 9.52. The molecule has 39 heavy (non-hydrogen) atoms. The van der Waals surface area contributed by atoms with Gasteiger partial charge in [-0.05, 0) is 45.0 Å². The van der Waals surface area contributed by atoms with Gasteiger partial charge in [0.1, 0.15) is 5.76 Å². The first-order valence-electron chi connectivity index (χ1n) is 13.2. The average Bonchev–Trinajstić information content (AvgIpc) is 3.18. The van der Waals surface area contributed by atoms with Crippen molar-refractivity contribution in [1.82, 2.24) is 9.80 Å². The van der Waals surface area contributed by atoms with Gasteiger partial charge in [0.2, 0.25) is 0 Å². The van der Waals surface area contributed by atoms with Crippen LogP contribution in [-0.4, -0.2) is 62.6 Å². The number of nitro benzene ring substituents is 2. The maximum Gasteiger partial charge on any atom is 0.295 e. The van der Waals surface area contributed by atoms with E-state index in [1.54, 1.807) is 6.07 Å². The lowest BCUT2D eigenvalue weighted by molar-refractivity contribution is -0.385. The van der Waals surface area contributed by atoms with Crippen molar-refractivity contribution in [3.05, 3.63) is 85.5 Å². The number of hydrogen-bond donors (Lipinski definition) is 1. The lowest BCUT2D eigenvalue weighted by atomic mass is 9.94. The highest BCUT2D eigenvalue weighted by Gasteiger charge is 2.47. The number of aliphatic hydroxyl groups is 1. The number of hydrogen-bond acceptors (Lipinski definition) is 8. The zero-order valence-corrected chi connectivity index (χ0v) is 22.2. The highest BCUT2D eigenvalue weighted by atomic mass is 16.6. The lowest BCUT2D eigenvalue weighted by Crippen LogP contribution is -2.34. The van der Waals surface area contributed by atoms with Crippen molar-refractivity contribution in [3.8, 4) is 0 Å². The van der Waals surface area contributed by atoms with Gasteiger partial charge in [-0.3, -0.25) is 29.8 Å². The molecule has 1 saturated heterocycles. The molecule has 208 valence electrons. The summed E-state index contributed by atoms with van der Waals surface area (Å²) in [5.74, 6) is -2.48. The molecule has 1 N–H and O–H groups in total. The highest BCUT2D eigenvalue weighted by molar-refractivity contribution is 6.46. The quantitative estimate of drug-likeness (QED) is 0.113. The normalized spacial score (nSPS) is 16.7. The molecule has 0 aliphatic carbocycles. The summed E-state index contributed by atoms with van der Waals surface area (Å²) >= 11 is 0. The van der Waals surface area contributed by atoms with Crippen molar-refractivity contribution in [1.29, 1.82) is 0 Å². The number of nitro groups is 2. The van der Waals surface area contributed by atoms with Gasteiger partial charge in [-0.2, -0.15) is 0 Å². The summed E-state index contributed by atoms with van der Waals surface area (Å²) in [6.45, 7) is 6.88. The summed E-state index contributed by atoms with van der Waals surface area (Å²) in [4.78, 5) is 52.0. The Morgan fingerprint density at radius 1 is 0.923 bits per heavy atom. The third-order valence-corrected chi connectivity index (χ3v) is 6.83. The van der Waals surface area contributed by atoms with Gasteiger partial charge in [-0.15, -0.1) is 0 Å². The smallest absolute Gasteiger partial charge is 0.295 e. The molecule has 3 rings (SSSR count). The molecule has 1 amide bonds. The minimum atomic E-state index is -1.22. The molecule has 0 bridgehead atoms. The number of amides is 1. The molecule has 0 aromatic heterocycles. The zero-order chi connectivity index (χ0) is 28.5. The van der Waals surface area contributed by atoms with Gasteiger partial charge in [-0.1, -0.05) is 51.0 Å². The fourth-order valence-corrected chi connectivity index (χ4v) is 4.80. The van der Waals surface area contributed by atoms with Crippen LogP contribution in [-0.2, 0) is 9.59 Å². The van der Waals surface area contributed by atoms with Gasteiger partial charge < -0.3 is 14.9 Å². The van der Waals surface area contributed by atoms with E-state index in [-0.39, 0.29) is 34.6 Å². The van der Waals surface area contributed by atoms with E-state index in [4.69, 9.17) is 0 Å². The van der Waals surface area contributed by atoms with Crippen molar-refractivity contribution < 1.29 is 24.5 Å². The predicted molar refractivity (Wildman–Crippen MR) is 146 cm³/mol. The van der Waals surface area contributed by atoms with E-state index in [0.717, 1.165) is 44.8 Å². The molecule has 11 nitrogen and oxygen atoms in total. The zero-order valence-electron chi connectivity index (χ0n) is 22.2. The van der Waals surface area contributed by atoms with Crippen LogP contribution in [0.4, 0.5) is 11.4 Å². The molecule has 2 aromatic carbocycles. The number of ketones is 1. The Morgan fingerprint density at radius 2 is 1.56 bits per heavy atom. The van der Waals surface area contributed by atoms with Crippen molar-refractivity contribution in [2.45, 2.75) is 52.0 Å². The Morgan fingerprint density at radius 3 is 2.18 bits per heavy atom. The number of non-ortho nitro benzene ring substituents is 1. The van der Waals surface area contributed by atoms with Crippen LogP contribution in [0, 0.1) is 20.2 Å². The van der Waals surface area contributed by atoms with Crippen LogP contribution < -0.4 is 0 Å². The number of carbonyl (C=O) groups excluding carboxylic acids is 2. The fourth-order valence-electron chi connectivity index (χ4n) is 4.80. The summed E-state index contributed by atoms with van der Waals surface area (Å²) < 4.78 is 0. The molecular weight excluding hydrogens is 504 g/mol. The number of benzene rings is 2. The Labute approximate surface area is 227 Å². The maximum absolute atomic E-state index is 13.3. The number of unbranched alkanes of at least 4 members (excludes halogenated alkanes) is 2. The first kappa shape index (κ1) is 29.4. The molecule has 2 aromatic rings. The van der Waals surface area contributed by atoms with Gasteiger partial charge in [0.05, 0.1) is 27.0 Å². The first-order chi connectivity index (χ1) is 18.7. The second kappa shape index (κ2) is 13.6. The van der Waals surface area contributed by atoms with Crippen LogP contribution in [0.15, 0.2) is 54.1 Å². The molecule has 1 heterocycles. The van der Waals surface area contributed by atoms with Gasteiger partial charge in [0.25, 0.3) is 23.1 Å². The minimum absolute atomic E-state index is 0.0314. The van der Waals surface area contributed by atoms with E-state index in [1.807, 2.05) is 0 Å². The molecule has 0 spiro atoms. The highest BCUT2D eigenvalue weighted by Crippen LogP contribution is 2.42. The third-order valence-electron chi connectivity index (χ3n) is 6.83. The van der Waals surface area contributed by atoms with E-state index in [0.29, 0.717) is 13.0 Å². The van der Waals surface area contributed by atoms with Gasteiger partial charge in [-0.25, -0.2) is 0 Å². The van der Waals surface area contributed by atoms with E-state index in [1.165, 1.54) is 41.3 Å². The molecule has 0 saturated carbocycles. The van der Waals surface area contributed by atoms with E-state index in [9.17, 15) is 34.9 Å². The second-order valence-electron chi connectivity index (χ2n) is 9.52. The van der Waals surface area contributed by atoms with Crippen molar-refractivity contribution in [2.24, 2.45) is 0 Å². The van der Waals surface area contributed by atoms with E-state index < -0.39 is 33.3 Å². The molecule has 1 atom stereocenters. The number of likely N-dealkylation sites (tertiary alicyclic amines) is 1. The molecule has 11 heteroatoms. The molecule has 1 fully saturated rings. The molecule has 1 aliphatic heterocycles. The SMILES string of the molecule is CCCCN(CCCC)CCCN1C(=O)C(=O)C(=C(O)c2cccc([N+](=O)[O-])c2)[C@@H]1c1ccccc1[N+](=O)[O-]. The Kier molecular flexibility index (Phi) is 10.3. The maximum atomic E-state index is 13.3. The van der Waals surface area contributed by atoms with Crippen LogP contribution in [0.3, 0.4) is 0 Å². The molecule has 1 aliphatic rings. The minimum Gasteiger partial charge on any atom is -0.507 e. The topological polar surface area (TPSA) is 147 Å². The number of aliphatic hydroxyl groups excluding tert-OH is 1. The van der Waals surface area contributed by atoms with E-state index in [2.05, 4.69) is 18.7 Å². The Hall–Kier alpha value is -4.12.